The highest BCUT2D eigenvalue weighted by molar-refractivity contribution is 5.29. The molecule has 0 bridgehead atoms. The molecule has 2 aliphatic carbocycles. The molecule has 2 nitrogen and oxygen atoms in total. The van der Waals surface area contributed by atoms with E-state index in [1.807, 2.05) is 12.3 Å². The molecule has 2 aliphatic rings. The van der Waals surface area contributed by atoms with Crippen LogP contribution in [0.25, 0.3) is 0 Å². The van der Waals surface area contributed by atoms with Crippen molar-refractivity contribution in [1.29, 1.82) is 0 Å². The Morgan fingerprint density at radius 3 is 2.93 bits per heavy atom. The summed E-state index contributed by atoms with van der Waals surface area (Å²) in [7, 11) is 0. The fraction of sp³-hybridized carbons (Fsp3) is 0.615. The smallest absolute Gasteiger partial charge is 0.0731 e. The third-order valence-corrected chi connectivity index (χ3v) is 4.06. The largest absolute Gasteiger partial charge is 0.389 e. The minimum Gasteiger partial charge on any atom is -0.389 e. The third-order valence-electron chi connectivity index (χ3n) is 4.06. The number of aryl methyl sites for hydroxylation is 1. The predicted molar refractivity (Wildman–Crippen MR) is 58.7 cm³/mol. The number of aliphatic hydroxyl groups is 1. The van der Waals surface area contributed by atoms with E-state index < -0.39 is 5.60 Å². The van der Waals surface area contributed by atoms with E-state index in [1.165, 1.54) is 24.1 Å². The summed E-state index contributed by atoms with van der Waals surface area (Å²) < 4.78 is 0. The Labute approximate surface area is 90.4 Å². The number of nitrogens with zero attached hydrogens (tertiary/aromatic N) is 1. The van der Waals surface area contributed by atoms with Crippen molar-refractivity contribution in [2.45, 2.75) is 50.0 Å². The van der Waals surface area contributed by atoms with Gasteiger partial charge in [-0.3, -0.25) is 4.98 Å². The van der Waals surface area contributed by atoms with Crippen LogP contribution < -0.4 is 0 Å². The number of rotatable bonds is 1. The van der Waals surface area contributed by atoms with Crippen LogP contribution in [-0.4, -0.2) is 15.7 Å². The van der Waals surface area contributed by atoms with Crippen LogP contribution in [0, 0.1) is 0 Å². The van der Waals surface area contributed by atoms with Gasteiger partial charge in [0.25, 0.3) is 0 Å². The summed E-state index contributed by atoms with van der Waals surface area (Å²) in [4.78, 5) is 4.49. The number of hydrogen-bond acceptors (Lipinski definition) is 2. The number of hydrogen-bond donors (Lipinski definition) is 1. The summed E-state index contributed by atoms with van der Waals surface area (Å²) in [6.07, 6.45) is 8.41. The Morgan fingerprint density at radius 1 is 1.33 bits per heavy atom. The van der Waals surface area contributed by atoms with Crippen LogP contribution in [0.15, 0.2) is 18.3 Å². The lowest BCUT2D eigenvalue weighted by Gasteiger charge is -2.45. The number of pyridine rings is 1. The summed E-state index contributed by atoms with van der Waals surface area (Å²) in [5, 5.41) is 10.4. The van der Waals surface area contributed by atoms with E-state index in [1.54, 1.807) is 0 Å². The van der Waals surface area contributed by atoms with Gasteiger partial charge in [0.15, 0.2) is 0 Å². The van der Waals surface area contributed by atoms with Crippen molar-refractivity contribution in [3.05, 3.63) is 29.6 Å². The van der Waals surface area contributed by atoms with E-state index in [0.717, 1.165) is 25.7 Å². The molecule has 0 aliphatic heterocycles. The molecule has 1 aromatic rings. The average Bonchev–Trinajstić information content (AvgIpc) is 2.25. The third kappa shape index (κ3) is 1.39. The van der Waals surface area contributed by atoms with Crippen molar-refractivity contribution in [2.75, 3.05) is 0 Å². The van der Waals surface area contributed by atoms with Gasteiger partial charge >= 0.3 is 0 Å². The first-order valence-electron chi connectivity index (χ1n) is 5.96. The monoisotopic (exact) mass is 203 g/mol. The fourth-order valence-electron chi connectivity index (χ4n) is 3.02. The van der Waals surface area contributed by atoms with Crippen molar-refractivity contribution >= 4 is 0 Å². The Kier molecular flexibility index (Phi) is 2.06. The Morgan fingerprint density at radius 2 is 2.20 bits per heavy atom. The van der Waals surface area contributed by atoms with Crippen LogP contribution in [-0.2, 0) is 6.42 Å². The Balaban J connectivity index is 1.98. The van der Waals surface area contributed by atoms with Crippen molar-refractivity contribution in [1.82, 2.24) is 4.98 Å². The molecule has 80 valence electrons. The van der Waals surface area contributed by atoms with Crippen LogP contribution in [0.5, 0.6) is 0 Å². The Bertz CT molecular complexity index is 371. The van der Waals surface area contributed by atoms with Gasteiger partial charge in [-0.2, -0.15) is 0 Å². The molecule has 1 atom stereocenters. The van der Waals surface area contributed by atoms with Crippen LogP contribution in [0.4, 0.5) is 0 Å². The number of fused-ring (bicyclic) bond motifs is 1. The molecule has 1 unspecified atom stereocenters. The van der Waals surface area contributed by atoms with Crippen molar-refractivity contribution in [2.24, 2.45) is 0 Å². The molecule has 1 heterocycles. The molecule has 0 spiro atoms. The zero-order valence-corrected chi connectivity index (χ0v) is 8.95. The van der Waals surface area contributed by atoms with Crippen molar-refractivity contribution < 1.29 is 5.11 Å². The van der Waals surface area contributed by atoms with E-state index in [4.69, 9.17) is 0 Å². The van der Waals surface area contributed by atoms with Crippen LogP contribution in [0.3, 0.4) is 0 Å². The second kappa shape index (κ2) is 3.31. The topological polar surface area (TPSA) is 33.1 Å². The van der Waals surface area contributed by atoms with Crippen molar-refractivity contribution in [3.8, 4) is 0 Å². The molecular weight excluding hydrogens is 186 g/mol. The van der Waals surface area contributed by atoms with E-state index >= 15 is 0 Å². The van der Waals surface area contributed by atoms with Gasteiger partial charge in [0.2, 0.25) is 0 Å². The van der Waals surface area contributed by atoms with E-state index in [-0.39, 0.29) is 0 Å². The first-order chi connectivity index (χ1) is 7.30. The first-order valence-corrected chi connectivity index (χ1v) is 5.96. The summed E-state index contributed by atoms with van der Waals surface area (Å²) in [5.74, 6) is 0.302. The van der Waals surface area contributed by atoms with E-state index in [0.29, 0.717) is 5.92 Å². The number of aromatic nitrogens is 1. The van der Waals surface area contributed by atoms with Crippen LogP contribution in [0.1, 0.15) is 49.3 Å². The maximum Gasteiger partial charge on any atom is 0.0731 e. The maximum atomic E-state index is 10.4. The molecule has 1 saturated carbocycles. The normalized spacial score (nSPS) is 27.9. The molecule has 1 N–H and O–H groups in total. The summed E-state index contributed by atoms with van der Waals surface area (Å²) in [6.45, 7) is 0. The predicted octanol–water partition coefficient (Wildman–Crippen LogP) is 2.42. The standard InChI is InChI=1S/C13H17NO/c15-13(7-3-8-13)11-6-1-4-10-5-2-9-14-12(10)11/h2,5,9,11,15H,1,3-4,6-8H2. The molecule has 3 rings (SSSR count). The van der Waals surface area contributed by atoms with E-state index in [9.17, 15) is 5.11 Å². The molecule has 2 heteroatoms. The highest BCUT2D eigenvalue weighted by Crippen LogP contribution is 2.47. The van der Waals surface area contributed by atoms with Gasteiger partial charge < -0.3 is 5.11 Å². The van der Waals surface area contributed by atoms with Crippen molar-refractivity contribution in [3.63, 3.8) is 0 Å². The first kappa shape index (κ1) is 9.34. The molecule has 0 amide bonds. The zero-order chi connectivity index (χ0) is 10.3. The molecule has 1 fully saturated rings. The van der Waals surface area contributed by atoms with Gasteiger partial charge in [-0.05, 0) is 50.2 Å². The molecular formula is C13H17NO. The van der Waals surface area contributed by atoms with Gasteiger partial charge in [0.1, 0.15) is 0 Å². The highest BCUT2D eigenvalue weighted by Gasteiger charge is 2.44. The summed E-state index contributed by atoms with van der Waals surface area (Å²) >= 11 is 0. The lowest BCUT2D eigenvalue weighted by molar-refractivity contribution is -0.0624. The lowest BCUT2D eigenvalue weighted by Crippen LogP contribution is -2.44. The molecule has 15 heavy (non-hydrogen) atoms. The van der Waals surface area contributed by atoms with Crippen LogP contribution in [0.2, 0.25) is 0 Å². The Hall–Kier alpha value is -0.890. The lowest BCUT2D eigenvalue weighted by atomic mass is 9.66. The fourth-order valence-corrected chi connectivity index (χ4v) is 3.02. The maximum absolute atomic E-state index is 10.4. The molecule has 1 aromatic heterocycles. The average molecular weight is 203 g/mol. The molecule has 0 radical (unpaired) electrons. The minimum atomic E-state index is -0.427. The van der Waals surface area contributed by atoms with Gasteiger partial charge in [-0.25, -0.2) is 0 Å². The van der Waals surface area contributed by atoms with E-state index in [2.05, 4.69) is 11.1 Å². The van der Waals surface area contributed by atoms with Gasteiger partial charge in [-0.1, -0.05) is 6.07 Å². The highest BCUT2D eigenvalue weighted by atomic mass is 16.3. The van der Waals surface area contributed by atoms with Gasteiger partial charge in [0.05, 0.1) is 5.60 Å². The SMILES string of the molecule is OC1(C2CCCc3cccnc32)CCC1. The quantitative estimate of drug-likeness (QED) is 0.760. The second-order valence-corrected chi connectivity index (χ2v) is 4.95. The summed E-state index contributed by atoms with van der Waals surface area (Å²) in [5.41, 5.74) is 2.10. The molecule has 0 aromatic carbocycles. The van der Waals surface area contributed by atoms with Gasteiger partial charge in [-0.15, -0.1) is 0 Å². The minimum absolute atomic E-state index is 0.302. The van der Waals surface area contributed by atoms with Gasteiger partial charge in [0, 0.05) is 17.8 Å². The zero-order valence-electron chi connectivity index (χ0n) is 8.95. The van der Waals surface area contributed by atoms with Crippen LogP contribution >= 0.6 is 0 Å². The summed E-state index contributed by atoms with van der Waals surface area (Å²) in [6, 6.07) is 4.17. The molecule has 0 saturated heterocycles. The second-order valence-electron chi connectivity index (χ2n) is 4.95.